The van der Waals surface area contributed by atoms with Crippen molar-refractivity contribution in [2.24, 2.45) is 5.73 Å². The van der Waals surface area contributed by atoms with Gasteiger partial charge >= 0.3 is 0 Å². The number of amides is 1. The molecule has 1 aromatic carbocycles. The number of rotatable bonds is 3. The van der Waals surface area contributed by atoms with Gasteiger partial charge in [-0.25, -0.2) is 0 Å². The third-order valence-corrected chi connectivity index (χ3v) is 3.43. The highest BCUT2D eigenvalue weighted by Crippen LogP contribution is 2.29. The lowest BCUT2D eigenvalue weighted by atomic mass is 10.00. The molecule has 0 spiro atoms. The van der Waals surface area contributed by atoms with Crippen LogP contribution in [0, 0.1) is 0 Å². The number of benzene rings is 1. The molecule has 0 aromatic heterocycles. The quantitative estimate of drug-likeness (QED) is 0.688. The van der Waals surface area contributed by atoms with Gasteiger partial charge in [-0.2, -0.15) is 0 Å². The van der Waals surface area contributed by atoms with Gasteiger partial charge in [0.05, 0.1) is 23.9 Å². The third-order valence-electron chi connectivity index (χ3n) is 3.43. The van der Waals surface area contributed by atoms with E-state index in [2.05, 4.69) is 0 Å². The van der Waals surface area contributed by atoms with Crippen LogP contribution in [0.5, 0.6) is 0 Å². The maximum absolute atomic E-state index is 11.5. The van der Waals surface area contributed by atoms with E-state index in [1.165, 1.54) is 0 Å². The molecule has 5 nitrogen and oxygen atoms in total. The summed E-state index contributed by atoms with van der Waals surface area (Å²) in [5, 5.41) is 9.43. The van der Waals surface area contributed by atoms with Crippen molar-refractivity contribution in [2.45, 2.75) is 25.3 Å². The first-order valence-electron chi connectivity index (χ1n) is 6.20. The van der Waals surface area contributed by atoms with Crippen LogP contribution in [0.25, 0.3) is 0 Å². The van der Waals surface area contributed by atoms with Crippen molar-refractivity contribution in [3.05, 3.63) is 23.8 Å². The molecule has 0 aliphatic carbocycles. The van der Waals surface area contributed by atoms with Crippen molar-refractivity contribution in [1.82, 2.24) is 0 Å². The highest BCUT2D eigenvalue weighted by molar-refractivity contribution is 5.99. The lowest BCUT2D eigenvalue weighted by molar-refractivity contribution is 0.100. The number of anilines is 2. The monoisotopic (exact) mass is 249 g/mol. The highest BCUT2D eigenvalue weighted by Gasteiger charge is 2.25. The summed E-state index contributed by atoms with van der Waals surface area (Å²) in [6, 6.07) is 5.12. The molecular formula is C13H19N3O2. The van der Waals surface area contributed by atoms with Crippen molar-refractivity contribution in [1.29, 1.82) is 0 Å². The van der Waals surface area contributed by atoms with Gasteiger partial charge in [0.25, 0.3) is 5.91 Å². The van der Waals surface area contributed by atoms with E-state index < -0.39 is 5.91 Å². The predicted octanol–water partition coefficient (Wildman–Crippen LogP) is 0.719. The smallest absolute Gasteiger partial charge is 0.250 e. The molecule has 1 saturated heterocycles. The average molecular weight is 249 g/mol. The van der Waals surface area contributed by atoms with Gasteiger partial charge in [0, 0.05) is 12.2 Å². The molecule has 1 heterocycles. The summed E-state index contributed by atoms with van der Waals surface area (Å²) in [5.41, 5.74) is 13.0. The molecule has 1 unspecified atom stereocenters. The minimum Gasteiger partial charge on any atom is -0.399 e. The number of aliphatic hydroxyl groups excluding tert-OH is 1. The summed E-state index contributed by atoms with van der Waals surface area (Å²) in [6.45, 7) is 0.891. The molecule has 1 aromatic rings. The number of aliphatic hydroxyl groups is 1. The van der Waals surface area contributed by atoms with E-state index in [1.54, 1.807) is 18.2 Å². The van der Waals surface area contributed by atoms with Crippen LogP contribution < -0.4 is 16.4 Å². The molecule has 0 bridgehead atoms. The second kappa shape index (κ2) is 5.27. The summed E-state index contributed by atoms with van der Waals surface area (Å²) < 4.78 is 0. The Labute approximate surface area is 106 Å². The Balaban J connectivity index is 2.41. The molecule has 1 fully saturated rings. The Morgan fingerprint density at radius 2 is 2.22 bits per heavy atom. The number of carbonyl (C=O) groups is 1. The standard InChI is InChI=1S/C13H19N3O2/c14-9-4-5-11(13(15)18)12(7-9)16-6-2-1-3-10(16)8-17/h4-5,7,10,17H,1-3,6,8,14H2,(H2,15,18). The van der Waals surface area contributed by atoms with Gasteiger partial charge in [0.2, 0.25) is 0 Å². The number of carbonyl (C=O) groups excluding carboxylic acids is 1. The highest BCUT2D eigenvalue weighted by atomic mass is 16.3. The maximum Gasteiger partial charge on any atom is 0.250 e. The van der Waals surface area contributed by atoms with E-state index in [0.717, 1.165) is 31.5 Å². The normalized spacial score (nSPS) is 19.8. The van der Waals surface area contributed by atoms with E-state index in [-0.39, 0.29) is 12.6 Å². The molecule has 5 heteroatoms. The van der Waals surface area contributed by atoms with Crippen molar-refractivity contribution < 1.29 is 9.90 Å². The van der Waals surface area contributed by atoms with Gasteiger partial charge in [-0.1, -0.05) is 0 Å². The molecule has 18 heavy (non-hydrogen) atoms. The van der Waals surface area contributed by atoms with E-state index >= 15 is 0 Å². The molecule has 98 valence electrons. The van der Waals surface area contributed by atoms with Gasteiger partial charge in [-0.3, -0.25) is 4.79 Å². The van der Waals surface area contributed by atoms with Crippen LogP contribution in [0.4, 0.5) is 11.4 Å². The Hall–Kier alpha value is -1.75. The molecule has 0 saturated carbocycles. The number of hydrogen-bond donors (Lipinski definition) is 3. The summed E-state index contributed by atoms with van der Waals surface area (Å²) in [6.07, 6.45) is 3.06. The zero-order valence-corrected chi connectivity index (χ0v) is 10.3. The molecule has 1 atom stereocenters. The van der Waals surface area contributed by atoms with Gasteiger partial charge in [-0.15, -0.1) is 0 Å². The summed E-state index contributed by atoms with van der Waals surface area (Å²) in [4.78, 5) is 13.5. The number of nitrogens with zero attached hydrogens (tertiary/aromatic N) is 1. The van der Waals surface area contributed by atoms with Gasteiger partial charge < -0.3 is 21.5 Å². The lowest BCUT2D eigenvalue weighted by Crippen LogP contribution is -2.42. The molecule has 1 aliphatic heterocycles. The lowest BCUT2D eigenvalue weighted by Gasteiger charge is -2.37. The number of hydrogen-bond acceptors (Lipinski definition) is 4. The van der Waals surface area contributed by atoms with Crippen LogP contribution in [0.15, 0.2) is 18.2 Å². The third kappa shape index (κ3) is 2.41. The van der Waals surface area contributed by atoms with E-state index in [4.69, 9.17) is 11.5 Å². The predicted molar refractivity (Wildman–Crippen MR) is 71.4 cm³/mol. The average Bonchev–Trinajstić information content (AvgIpc) is 2.38. The number of nitrogens with two attached hydrogens (primary N) is 2. The molecule has 2 rings (SSSR count). The van der Waals surface area contributed by atoms with Crippen molar-refractivity contribution >= 4 is 17.3 Å². The molecule has 0 radical (unpaired) electrons. The first-order chi connectivity index (χ1) is 8.63. The minimum absolute atomic E-state index is 0.0404. The number of piperidine rings is 1. The molecular weight excluding hydrogens is 230 g/mol. The van der Waals surface area contributed by atoms with Crippen LogP contribution in [-0.4, -0.2) is 30.2 Å². The molecule has 1 aliphatic rings. The fourth-order valence-electron chi connectivity index (χ4n) is 2.50. The molecule has 1 amide bonds. The van der Waals surface area contributed by atoms with Gasteiger partial charge in [0.15, 0.2) is 0 Å². The maximum atomic E-state index is 11.5. The zero-order valence-electron chi connectivity index (χ0n) is 10.3. The van der Waals surface area contributed by atoms with Gasteiger partial charge in [0.1, 0.15) is 0 Å². The second-order valence-electron chi connectivity index (χ2n) is 4.67. The van der Waals surface area contributed by atoms with Crippen LogP contribution >= 0.6 is 0 Å². The van der Waals surface area contributed by atoms with Crippen LogP contribution in [-0.2, 0) is 0 Å². The molecule has 5 N–H and O–H groups in total. The Bertz CT molecular complexity index is 448. The zero-order chi connectivity index (χ0) is 13.1. The van der Waals surface area contributed by atoms with E-state index in [0.29, 0.717) is 11.3 Å². The number of primary amides is 1. The Kier molecular flexibility index (Phi) is 3.72. The van der Waals surface area contributed by atoms with Gasteiger partial charge in [-0.05, 0) is 37.5 Å². The first kappa shape index (κ1) is 12.7. The largest absolute Gasteiger partial charge is 0.399 e. The first-order valence-corrected chi connectivity index (χ1v) is 6.20. The fourth-order valence-corrected chi connectivity index (χ4v) is 2.50. The Morgan fingerprint density at radius 3 is 2.89 bits per heavy atom. The van der Waals surface area contributed by atoms with Crippen LogP contribution in [0.3, 0.4) is 0 Å². The van der Waals surface area contributed by atoms with E-state index in [1.807, 2.05) is 4.90 Å². The minimum atomic E-state index is -0.465. The fraction of sp³-hybridized carbons (Fsp3) is 0.462. The van der Waals surface area contributed by atoms with E-state index in [9.17, 15) is 9.90 Å². The summed E-state index contributed by atoms with van der Waals surface area (Å²) in [7, 11) is 0. The van der Waals surface area contributed by atoms with Crippen LogP contribution in [0.2, 0.25) is 0 Å². The summed E-state index contributed by atoms with van der Waals surface area (Å²) >= 11 is 0. The van der Waals surface area contributed by atoms with Crippen LogP contribution in [0.1, 0.15) is 29.6 Å². The SMILES string of the molecule is NC(=O)c1ccc(N)cc1N1CCCCC1CO. The summed E-state index contributed by atoms with van der Waals surface area (Å²) in [5.74, 6) is -0.465. The topological polar surface area (TPSA) is 92.6 Å². The van der Waals surface area contributed by atoms with Crippen molar-refractivity contribution in [2.75, 3.05) is 23.8 Å². The van der Waals surface area contributed by atoms with Crippen molar-refractivity contribution in [3.8, 4) is 0 Å². The number of nitrogen functional groups attached to an aromatic ring is 1. The Morgan fingerprint density at radius 1 is 1.44 bits per heavy atom. The second-order valence-corrected chi connectivity index (χ2v) is 4.67. The van der Waals surface area contributed by atoms with Crippen molar-refractivity contribution in [3.63, 3.8) is 0 Å².